The molecular weight excluding hydrogens is 432 g/mol. The average Bonchev–Trinajstić information content (AvgIpc) is 3.34. The third-order valence-electron chi connectivity index (χ3n) is 5.93. The summed E-state index contributed by atoms with van der Waals surface area (Å²) in [6, 6.07) is 16.8. The Hall–Kier alpha value is -4.15. The van der Waals surface area contributed by atoms with E-state index in [1.165, 1.54) is 7.11 Å². The first-order chi connectivity index (χ1) is 16.7. The highest BCUT2D eigenvalue weighted by Gasteiger charge is 2.19. The maximum absolute atomic E-state index is 11.2. The maximum Gasteiger partial charge on any atom is 0.161 e. The van der Waals surface area contributed by atoms with Crippen molar-refractivity contribution in [3.8, 4) is 40.0 Å². The van der Waals surface area contributed by atoms with Gasteiger partial charge >= 0.3 is 0 Å². The number of methoxy groups -OCH3 is 1. The number of benzene rings is 2. The van der Waals surface area contributed by atoms with E-state index in [0.717, 1.165) is 35.8 Å². The number of carbonyl (C=O) groups is 1. The first kappa shape index (κ1) is 21.7. The molecule has 1 saturated heterocycles. The molecule has 5 rings (SSSR count). The Kier molecular flexibility index (Phi) is 5.98. The van der Waals surface area contributed by atoms with Gasteiger partial charge in [0.25, 0.3) is 0 Å². The first-order valence-corrected chi connectivity index (χ1v) is 11.0. The second-order valence-electron chi connectivity index (χ2n) is 8.01. The zero-order chi connectivity index (χ0) is 23.5. The molecule has 0 bridgehead atoms. The second kappa shape index (κ2) is 9.38. The van der Waals surface area contributed by atoms with Crippen LogP contribution in [0.15, 0.2) is 59.1 Å². The van der Waals surface area contributed by atoms with Crippen molar-refractivity contribution in [3.05, 3.63) is 65.9 Å². The van der Waals surface area contributed by atoms with Crippen LogP contribution >= 0.6 is 0 Å². The summed E-state index contributed by atoms with van der Waals surface area (Å²) < 4.78 is 23.0. The van der Waals surface area contributed by atoms with Gasteiger partial charge in [0.1, 0.15) is 34.9 Å². The van der Waals surface area contributed by atoms with E-state index >= 15 is 0 Å². The van der Waals surface area contributed by atoms with Gasteiger partial charge in [-0.1, -0.05) is 12.1 Å². The van der Waals surface area contributed by atoms with Crippen LogP contribution in [0, 0.1) is 11.3 Å². The molecule has 3 heterocycles. The maximum atomic E-state index is 11.2. The van der Waals surface area contributed by atoms with Crippen LogP contribution in [0.4, 0.5) is 0 Å². The lowest BCUT2D eigenvalue weighted by atomic mass is 10.0. The molecule has 7 heteroatoms. The molecule has 170 valence electrons. The number of rotatable bonds is 6. The highest BCUT2D eigenvalue weighted by Crippen LogP contribution is 2.36. The van der Waals surface area contributed by atoms with E-state index in [2.05, 4.69) is 11.1 Å². The van der Waals surface area contributed by atoms with Crippen LogP contribution in [-0.4, -0.2) is 37.7 Å². The summed E-state index contributed by atoms with van der Waals surface area (Å²) in [5, 5.41) is 9.75. The van der Waals surface area contributed by atoms with E-state index in [1.54, 1.807) is 24.4 Å². The summed E-state index contributed by atoms with van der Waals surface area (Å²) in [5.41, 5.74) is 4.65. The second-order valence-corrected chi connectivity index (χ2v) is 8.01. The van der Waals surface area contributed by atoms with E-state index in [0.29, 0.717) is 52.7 Å². The predicted octanol–water partition coefficient (Wildman–Crippen LogP) is 5.41. The van der Waals surface area contributed by atoms with Crippen molar-refractivity contribution >= 4 is 17.4 Å². The summed E-state index contributed by atoms with van der Waals surface area (Å²) in [4.78, 5) is 15.7. The molecule has 7 nitrogen and oxygen atoms in total. The number of hydrogen-bond acceptors (Lipinski definition) is 7. The molecular formula is C27H22N2O5. The molecule has 0 aliphatic carbocycles. The minimum Gasteiger partial charge on any atom is -0.496 e. The molecule has 1 aliphatic rings. The molecule has 0 amide bonds. The number of pyridine rings is 1. The Morgan fingerprint density at radius 3 is 2.65 bits per heavy atom. The summed E-state index contributed by atoms with van der Waals surface area (Å²) in [6.45, 7) is 1.34. The molecule has 4 aromatic rings. The number of nitriles is 1. The highest BCUT2D eigenvalue weighted by atomic mass is 16.5. The lowest BCUT2D eigenvalue weighted by molar-refractivity contribution is 0.0254. The Balaban J connectivity index is 1.51. The van der Waals surface area contributed by atoms with Crippen molar-refractivity contribution < 1.29 is 23.4 Å². The number of fused-ring (bicyclic) bond motifs is 1. The van der Waals surface area contributed by atoms with Crippen LogP contribution in [0.3, 0.4) is 0 Å². The molecule has 34 heavy (non-hydrogen) atoms. The molecule has 0 radical (unpaired) electrons. The fourth-order valence-corrected chi connectivity index (χ4v) is 4.13. The lowest BCUT2D eigenvalue weighted by Crippen LogP contribution is -2.26. The van der Waals surface area contributed by atoms with Crippen molar-refractivity contribution in [2.24, 2.45) is 0 Å². The largest absolute Gasteiger partial charge is 0.496 e. The van der Waals surface area contributed by atoms with Gasteiger partial charge in [0.15, 0.2) is 11.9 Å². The van der Waals surface area contributed by atoms with Crippen molar-refractivity contribution in [1.29, 1.82) is 5.26 Å². The van der Waals surface area contributed by atoms with Gasteiger partial charge in [0.05, 0.1) is 31.5 Å². The van der Waals surface area contributed by atoms with Gasteiger partial charge in [-0.3, -0.25) is 9.78 Å². The van der Waals surface area contributed by atoms with Crippen LogP contribution in [-0.2, 0) is 4.74 Å². The molecule has 0 atom stereocenters. The van der Waals surface area contributed by atoms with E-state index in [-0.39, 0.29) is 6.10 Å². The van der Waals surface area contributed by atoms with Crippen LogP contribution in [0.2, 0.25) is 0 Å². The van der Waals surface area contributed by atoms with Gasteiger partial charge in [0.2, 0.25) is 0 Å². The van der Waals surface area contributed by atoms with Crippen LogP contribution < -0.4 is 9.47 Å². The third-order valence-corrected chi connectivity index (χ3v) is 5.93. The van der Waals surface area contributed by atoms with Crippen LogP contribution in [0.1, 0.15) is 28.8 Å². The van der Waals surface area contributed by atoms with Gasteiger partial charge in [-0.15, -0.1) is 0 Å². The van der Waals surface area contributed by atoms with Gasteiger partial charge in [-0.2, -0.15) is 5.26 Å². The lowest BCUT2D eigenvalue weighted by Gasteiger charge is -2.23. The van der Waals surface area contributed by atoms with Gasteiger partial charge in [0, 0.05) is 36.2 Å². The molecule has 0 spiro atoms. The molecule has 2 aromatic carbocycles. The van der Waals surface area contributed by atoms with E-state index < -0.39 is 0 Å². The van der Waals surface area contributed by atoms with Crippen LogP contribution in [0.5, 0.6) is 11.5 Å². The quantitative estimate of drug-likeness (QED) is 0.359. The van der Waals surface area contributed by atoms with E-state index in [1.807, 2.05) is 30.3 Å². The van der Waals surface area contributed by atoms with Crippen molar-refractivity contribution in [1.82, 2.24) is 4.98 Å². The molecule has 2 aromatic heterocycles. The minimum absolute atomic E-state index is 0.0505. The summed E-state index contributed by atoms with van der Waals surface area (Å²) in [6.07, 6.45) is 4.14. The predicted molar refractivity (Wildman–Crippen MR) is 126 cm³/mol. The Morgan fingerprint density at radius 1 is 1.06 bits per heavy atom. The van der Waals surface area contributed by atoms with Crippen molar-refractivity contribution in [2.75, 3.05) is 20.3 Å². The number of nitrogens with zero attached hydrogens (tertiary/aromatic N) is 2. The van der Waals surface area contributed by atoms with Gasteiger partial charge in [-0.05, 0) is 35.9 Å². The zero-order valence-electron chi connectivity index (χ0n) is 18.6. The number of ether oxygens (including phenoxy) is 3. The Bertz CT molecular complexity index is 1400. The van der Waals surface area contributed by atoms with Crippen LogP contribution in [0.25, 0.3) is 33.6 Å². The number of aldehydes is 1. The first-order valence-electron chi connectivity index (χ1n) is 11.0. The smallest absolute Gasteiger partial charge is 0.161 e. The van der Waals surface area contributed by atoms with E-state index in [9.17, 15) is 10.1 Å². The summed E-state index contributed by atoms with van der Waals surface area (Å²) in [7, 11) is 1.52. The minimum atomic E-state index is 0.0505. The fourth-order valence-electron chi connectivity index (χ4n) is 4.13. The summed E-state index contributed by atoms with van der Waals surface area (Å²) in [5.74, 6) is 1.65. The monoisotopic (exact) mass is 454 g/mol. The molecule has 1 fully saturated rings. The number of carbonyl (C=O) groups excluding carboxylic acids is 1. The zero-order valence-corrected chi connectivity index (χ0v) is 18.6. The number of aromatic nitrogens is 1. The van der Waals surface area contributed by atoms with E-state index in [4.69, 9.17) is 18.6 Å². The molecule has 0 N–H and O–H groups in total. The molecule has 0 saturated carbocycles. The number of hydrogen-bond donors (Lipinski definition) is 0. The van der Waals surface area contributed by atoms with Gasteiger partial charge < -0.3 is 18.6 Å². The topological polar surface area (TPSA) is 94.6 Å². The molecule has 0 unspecified atom stereocenters. The third kappa shape index (κ3) is 4.12. The normalized spacial score (nSPS) is 14.0. The Labute approximate surface area is 196 Å². The SMILES string of the molecule is COc1cc(-c2cc3nccc(-c4ccc(OC5CCOCC5)c(C#N)c4)c3o2)ccc1C=O. The van der Waals surface area contributed by atoms with Gasteiger partial charge in [-0.25, -0.2) is 0 Å². The number of furan rings is 1. The van der Waals surface area contributed by atoms with Crippen molar-refractivity contribution in [2.45, 2.75) is 18.9 Å². The standard InChI is InChI=1S/C27H22N2O5/c1-31-25-13-18(2-3-19(25)16-30)26-14-23-27(34-26)22(6-9-29-23)17-4-5-24(20(12-17)15-28)33-21-7-10-32-11-8-21/h2-6,9,12-14,16,21H,7-8,10-11H2,1H3. The van der Waals surface area contributed by atoms with Crippen molar-refractivity contribution in [3.63, 3.8) is 0 Å². The highest BCUT2D eigenvalue weighted by molar-refractivity contribution is 5.93. The molecule has 1 aliphatic heterocycles. The fraction of sp³-hybridized carbons (Fsp3) is 0.222. The summed E-state index contributed by atoms with van der Waals surface area (Å²) >= 11 is 0. The Morgan fingerprint density at radius 2 is 1.88 bits per heavy atom. The average molecular weight is 454 g/mol.